The number of aryl methyl sites for hydroxylation is 2. The van der Waals surface area contributed by atoms with Crippen LogP contribution in [0.15, 0.2) is 17.0 Å². The second-order valence-electron chi connectivity index (χ2n) is 5.14. The van der Waals surface area contributed by atoms with Gasteiger partial charge in [-0.1, -0.05) is 0 Å². The largest absolute Gasteiger partial charge is 0.399 e. The zero-order valence-corrected chi connectivity index (χ0v) is 12.4. The minimum absolute atomic E-state index is 0.0414. The van der Waals surface area contributed by atoms with Crippen LogP contribution in [-0.2, 0) is 14.8 Å². The lowest BCUT2D eigenvalue weighted by atomic mass is 10.1. The lowest BCUT2D eigenvalue weighted by Crippen LogP contribution is -2.47. The van der Waals surface area contributed by atoms with E-state index >= 15 is 0 Å². The Morgan fingerprint density at radius 3 is 2.40 bits per heavy atom. The number of benzene rings is 1. The summed E-state index contributed by atoms with van der Waals surface area (Å²) < 4.78 is 27.6. The summed E-state index contributed by atoms with van der Waals surface area (Å²) in [6.07, 6.45) is 0.852. The number of amides is 1. The number of carbonyl (C=O) groups excluding carboxylic acids is 1. The normalized spacial score (nSPS) is 19.7. The molecule has 4 N–H and O–H groups in total. The van der Waals surface area contributed by atoms with Crippen molar-refractivity contribution in [2.75, 3.05) is 12.3 Å². The fourth-order valence-corrected chi connectivity index (χ4v) is 4.24. The topological polar surface area (TPSA) is 101 Å². The highest BCUT2D eigenvalue weighted by Crippen LogP contribution is 2.23. The molecule has 2 rings (SSSR count). The van der Waals surface area contributed by atoms with Crippen molar-refractivity contribution in [2.45, 2.75) is 37.6 Å². The molecule has 1 atom stereocenters. The van der Waals surface area contributed by atoms with Gasteiger partial charge in [-0.2, -0.15) is 0 Å². The van der Waals surface area contributed by atoms with Crippen LogP contribution in [0.2, 0.25) is 0 Å². The first-order valence-corrected chi connectivity index (χ1v) is 7.93. The molecular formula is C13H19N3O3S. The molecule has 0 radical (unpaired) electrons. The van der Waals surface area contributed by atoms with E-state index in [-0.39, 0.29) is 16.8 Å². The van der Waals surface area contributed by atoms with Gasteiger partial charge in [-0.3, -0.25) is 4.79 Å². The molecular weight excluding hydrogens is 278 g/mol. The van der Waals surface area contributed by atoms with Crippen molar-refractivity contribution in [2.24, 2.45) is 0 Å². The number of rotatable bonds is 3. The number of hydrogen-bond donors (Lipinski definition) is 3. The average molecular weight is 297 g/mol. The Balaban J connectivity index is 2.25. The minimum atomic E-state index is -3.61. The molecule has 0 bridgehead atoms. The van der Waals surface area contributed by atoms with Gasteiger partial charge in [-0.15, -0.1) is 0 Å². The molecule has 1 fully saturated rings. The highest BCUT2D eigenvalue weighted by molar-refractivity contribution is 7.89. The van der Waals surface area contributed by atoms with Crippen LogP contribution in [0.3, 0.4) is 0 Å². The SMILES string of the molecule is Cc1cc(N)cc(C)c1S(=O)(=O)NC1CCC(=O)NC1. The quantitative estimate of drug-likeness (QED) is 0.705. The van der Waals surface area contributed by atoms with Gasteiger partial charge < -0.3 is 11.1 Å². The van der Waals surface area contributed by atoms with E-state index in [4.69, 9.17) is 5.73 Å². The monoisotopic (exact) mass is 297 g/mol. The molecule has 0 saturated carbocycles. The Kier molecular flexibility index (Phi) is 4.01. The molecule has 1 saturated heterocycles. The van der Waals surface area contributed by atoms with Crippen LogP contribution in [0.1, 0.15) is 24.0 Å². The summed E-state index contributed by atoms with van der Waals surface area (Å²) in [6, 6.07) is 3.02. The lowest BCUT2D eigenvalue weighted by molar-refractivity contribution is -0.122. The number of nitrogens with one attached hydrogen (secondary N) is 2. The summed E-state index contributed by atoms with van der Waals surface area (Å²) in [5.41, 5.74) is 7.49. The molecule has 1 aromatic carbocycles. The van der Waals surface area contributed by atoms with Crippen molar-refractivity contribution in [3.63, 3.8) is 0 Å². The standard InChI is InChI=1S/C13H19N3O3S/c1-8-5-10(14)6-9(2)13(8)20(18,19)16-11-3-4-12(17)15-7-11/h5-6,11,16H,3-4,7,14H2,1-2H3,(H,15,17). The summed E-state index contributed by atoms with van der Waals surface area (Å²) in [5, 5.41) is 2.66. The highest BCUT2D eigenvalue weighted by Gasteiger charge is 2.26. The predicted molar refractivity (Wildman–Crippen MR) is 76.7 cm³/mol. The number of anilines is 1. The van der Waals surface area contributed by atoms with E-state index < -0.39 is 10.0 Å². The van der Waals surface area contributed by atoms with Crippen molar-refractivity contribution in [1.29, 1.82) is 0 Å². The van der Waals surface area contributed by atoms with Gasteiger partial charge in [0.1, 0.15) is 0 Å². The highest BCUT2D eigenvalue weighted by atomic mass is 32.2. The van der Waals surface area contributed by atoms with Crippen molar-refractivity contribution in [3.05, 3.63) is 23.3 Å². The molecule has 6 nitrogen and oxygen atoms in total. The van der Waals surface area contributed by atoms with Crippen LogP contribution < -0.4 is 15.8 Å². The van der Waals surface area contributed by atoms with Crippen LogP contribution in [0.4, 0.5) is 5.69 Å². The molecule has 7 heteroatoms. The maximum absolute atomic E-state index is 12.5. The van der Waals surface area contributed by atoms with E-state index in [2.05, 4.69) is 10.0 Å². The second kappa shape index (κ2) is 5.41. The van der Waals surface area contributed by atoms with E-state index in [1.54, 1.807) is 26.0 Å². The van der Waals surface area contributed by atoms with Crippen LogP contribution >= 0.6 is 0 Å². The molecule has 110 valence electrons. The zero-order valence-electron chi connectivity index (χ0n) is 11.6. The van der Waals surface area contributed by atoms with Gasteiger partial charge >= 0.3 is 0 Å². The maximum Gasteiger partial charge on any atom is 0.241 e. The van der Waals surface area contributed by atoms with E-state index in [0.29, 0.717) is 36.2 Å². The van der Waals surface area contributed by atoms with Gasteiger partial charge in [-0.25, -0.2) is 13.1 Å². The fraction of sp³-hybridized carbons (Fsp3) is 0.462. The van der Waals surface area contributed by atoms with Gasteiger partial charge in [0.05, 0.1) is 4.90 Å². The van der Waals surface area contributed by atoms with E-state index in [0.717, 1.165) is 0 Å². The first-order valence-electron chi connectivity index (χ1n) is 6.45. The molecule has 1 amide bonds. The molecule has 1 aliphatic heterocycles. The molecule has 0 aromatic heterocycles. The fourth-order valence-electron chi connectivity index (χ4n) is 2.52. The average Bonchev–Trinajstić information content (AvgIpc) is 2.30. The van der Waals surface area contributed by atoms with Crippen molar-refractivity contribution in [1.82, 2.24) is 10.0 Å². The first-order chi connectivity index (χ1) is 9.29. The predicted octanol–water partition coefficient (Wildman–Crippen LogP) is 0.443. The zero-order chi connectivity index (χ0) is 14.9. The summed E-state index contributed by atoms with van der Waals surface area (Å²) in [4.78, 5) is 11.4. The number of piperidine rings is 1. The van der Waals surface area contributed by atoms with Crippen LogP contribution in [0.5, 0.6) is 0 Å². The summed E-state index contributed by atoms with van der Waals surface area (Å²) in [7, 11) is -3.61. The number of nitrogens with two attached hydrogens (primary N) is 1. The van der Waals surface area contributed by atoms with E-state index in [9.17, 15) is 13.2 Å². The number of nitrogen functional groups attached to an aromatic ring is 1. The van der Waals surface area contributed by atoms with Crippen molar-refractivity contribution in [3.8, 4) is 0 Å². The molecule has 20 heavy (non-hydrogen) atoms. The number of sulfonamides is 1. The molecule has 0 aliphatic carbocycles. The van der Waals surface area contributed by atoms with Crippen LogP contribution in [0, 0.1) is 13.8 Å². The Bertz CT molecular complexity index is 607. The molecule has 1 unspecified atom stereocenters. The summed E-state index contributed by atoms with van der Waals surface area (Å²) in [6.45, 7) is 3.77. The van der Waals surface area contributed by atoms with Gasteiger partial charge in [0.15, 0.2) is 0 Å². The molecule has 0 spiro atoms. The van der Waals surface area contributed by atoms with E-state index in [1.807, 2.05) is 0 Å². The van der Waals surface area contributed by atoms with Gasteiger partial charge in [0, 0.05) is 24.7 Å². The van der Waals surface area contributed by atoms with Crippen LogP contribution in [0.25, 0.3) is 0 Å². The van der Waals surface area contributed by atoms with Crippen molar-refractivity contribution < 1.29 is 13.2 Å². The first kappa shape index (κ1) is 14.8. The number of hydrogen-bond acceptors (Lipinski definition) is 4. The smallest absolute Gasteiger partial charge is 0.241 e. The Labute approximate surface area is 118 Å². The third kappa shape index (κ3) is 3.10. The summed E-state index contributed by atoms with van der Waals surface area (Å²) in [5.74, 6) is -0.0414. The molecule has 1 heterocycles. The van der Waals surface area contributed by atoms with Gasteiger partial charge in [0.25, 0.3) is 0 Å². The van der Waals surface area contributed by atoms with Crippen LogP contribution in [-0.4, -0.2) is 26.9 Å². The van der Waals surface area contributed by atoms with Crippen molar-refractivity contribution >= 4 is 21.6 Å². The third-order valence-electron chi connectivity index (χ3n) is 3.34. The Hall–Kier alpha value is -1.60. The second-order valence-corrected chi connectivity index (χ2v) is 6.80. The molecule has 1 aromatic rings. The minimum Gasteiger partial charge on any atom is -0.399 e. The van der Waals surface area contributed by atoms with Gasteiger partial charge in [0.2, 0.25) is 15.9 Å². The van der Waals surface area contributed by atoms with E-state index in [1.165, 1.54) is 0 Å². The molecule has 1 aliphatic rings. The third-order valence-corrected chi connectivity index (χ3v) is 5.16. The Morgan fingerprint density at radius 2 is 1.90 bits per heavy atom. The number of carbonyl (C=O) groups is 1. The lowest BCUT2D eigenvalue weighted by Gasteiger charge is -2.24. The van der Waals surface area contributed by atoms with Gasteiger partial charge in [-0.05, 0) is 43.5 Å². The Morgan fingerprint density at radius 1 is 1.30 bits per heavy atom. The summed E-state index contributed by atoms with van der Waals surface area (Å²) >= 11 is 0. The maximum atomic E-state index is 12.5.